The fraction of sp³-hybridized carbons (Fsp3) is 0.111. The Balaban J connectivity index is 0.000000218. The van der Waals surface area contributed by atoms with Crippen molar-refractivity contribution in [3.63, 3.8) is 0 Å². The summed E-state index contributed by atoms with van der Waals surface area (Å²) in [4.78, 5) is 26.8. The Kier molecular flexibility index (Phi) is 11.4. The van der Waals surface area contributed by atoms with Gasteiger partial charge < -0.3 is 10.2 Å². The third kappa shape index (κ3) is 9.52. The highest BCUT2D eigenvalue weighted by Crippen LogP contribution is 2.18. The molecule has 0 atom stereocenters. The van der Waals surface area contributed by atoms with Gasteiger partial charge in [0.1, 0.15) is 0 Å². The number of nitrogens with zero attached hydrogens (tertiary/aromatic N) is 1. The first kappa shape index (κ1) is 29.4. The van der Waals surface area contributed by atoms with Crippen molar-refractivity contribution in [1.29, 1.82) is 0 Å². The van der Waals surface area contributed by atoms with Gasteiger partial charge in [-0.1, -0.05) is 121 Å². The Morgan fingerprint density at radius 3 is 1.44 bits per heavy atom. The maximum atomic E-state index is 13.2. The number of rotatable bonds is 10. The van der Waals surface area contributed by atoms with Crippen LogP contribution in [0, 0.1) is 0 Å². The SMILES string of the molecule is O=C(S)c1ccccc1C(=O)N(Cc1ccccc1)Cc1ccccc1.c1ccc(CCNc2ccccc2)cc1. The lowest BCUT2D eigenvalue weighted by Crippen LogP contribution is -2.31. The molecule has 206 valence electrons. The van der Waals surface area contributed by atoms with E-state index in [4.69, 9.17) is 0 Å². The summed E-state index contributed by atoms with van der Waals surface area (Å²) in [5.41, 5.74) is 5.33. The first-order valence-electron chi connectivity index (χ1n) is 13.6. The molecule has 5 aromatic carbocycles. The van der Waals surface area contributed by atoms with E-state index in [0.717, 1.165) is 24.1 Å². The van der Waals surface area contributed by atoms with Crippen LogP contribution in [0.1, 0.15) is 37.4 Å². The molecule has 5 heteroatoms. The van der Waals surface area contributed by atoms with E-state index in [1.54, 1.807) is 29.2 Å². The van der Waals surface area contributed by atoms with Crippen LogP contribution in [-0.2, 0) is 19.5 Å². The zero-order valence-electron chi connectivity index (χ0n) is 22.9. The van der Waals surface area contributed by atoms with Crippen LogP contribution in [0.4, 0.5) is 5.69 Å². The molecule has 0 fully saturated rings. The van der Waals surface area contributed by atoms with E-state index in [9.17, 15) is 9.59 Å². The number of benzene rings is 5. The van der Waals surface area contributed by atoms with Crippen molar-refractivity contribution in [1.82, 2.24) is 4.90 Å². The minimum Gasteiger partial charge on any atom is -0.385 e. The van der Waals surface area contributed by atoms with Crippen molar-refractivity contribution in [3.05, 3.63) is 173 Å². The van der Waals surface area contributed by atoms with Crippen LogP contribution in [0.3, 0.4) is 0 Å². The molecule has 1 amide bonds. The highest BCUT2D eigenvalue weighted by molar-refractivity contribution is 7.97. The molecule has 0 bridgehead atoms. The van der Waals surface area contributed by atoms with Crippen molar-refractivity contribution in [2.45, 2.75) is 19.5 Å². The summed E-state index contributed by atoms with van der Waals surface area (Å²) in [5.74, 6) is -0.185. The van der Waals surface area contributed by atoms with Gasteiger partial charge in [0.2, 0.25) is 5.12 Å². The summed E-state index contributed by atoms with van der Waals surface area (Å²) < 4.78 is 0. The fourth-order valence-electron chi connectivity index (χ4n) is 4.39. The number of nitrogens with one attached hydrogen (secondary N) is 1. The Bertz CT molecular complexity index is 1410. The van der Waals surface area contributed by atoms with Gasteiger partial charge in [-0.15, -0.1) is 12.6 Å². The number of para-hydroxylation sites is 1. The molecule has 4 nitrogen and oxygen atoms in total. The quantitative estimate of drug-likeness (QED) is 0.171. The lowest BCUT2D eigenvalue weighted by molar-refractivity contribution is 0.0727. The molecule has 0 saturated carbocycles. The van der Waals surface area contributed by atoms with E-state index < -0.39 is 5.12 Å². The number of carbonyl (C=O) groups is 2. The average molecular weight is 559 g/mol. The Morgan fingerprint density at radius 2 is 0.951 bits per heavy atom. The molecule has 41 heavy (non-hydrogen) atoms. The lowest BCUT2D eigenvalue weighted by atomic mass is 10.1. The molecular formula is C36H34N2O2S. The molecule has 0 aliphatic heterocycles. The fourth-order valence-corrected chi connectivity index (χ4v) is 4.58. The van der Waals surface area contributed by atoms with Crippen LogP contribution in [-0.4, -0.2) is 22.5 Å². The van der Waals surface area contributed by atoms with Gasteiger partial charge in [-0.25, -0.2) is 0 Å². The first-order chi connectivity index (χ1) is 20.1. The molecule has 0 heterocycles. The largest absolute Gasteiger partial charge is 0.385 e. The topological polar surface area (TPSA) is 49.4 Å². The van der Waals surface area contributed by atoms with Crippen LogP contribution in [0.15, 0.2) is 146 Å². The minimum atomic E-state index is -0.409. The van der Waals surface area contributed by atoms with Gasteiger partial charge in [0.05, 0.1) is 5.56 Å². The summed E-state index contributed by atoms with van der Waals surface area (Å²) in [5, 5.41) is 2.98. The highest BCUT2D eigenvalue weighted by Gasteiger charge is 2.21. The number of anilines is 1. The summed E-state index contributed by atoms with van der Waals surface area (Å²) in [6.07, 6.45) is 1.07. The number of thiol groups is 1. The van der Waals surface area contributed by atoms with Crippen LogP contribution in [0.2, 0.25) is 0 Å². The number of amides is 1. The molecule has 1 N–H and O–H groups in total. The predicted molar refractivity (Wildman–Crippen MR) is 171 cm³/mol. The van der Waals surface area contributed by atoms with Gasteiger partial charge in [0.15, 0.2) is 0 Å². The van der Waals surface area contributed by atoms with Gasteiger partial charge in [0.25, 0.3) is 5.91 Å². The summed E-state index contributed by atoms with van der Waals surface area (Å²) in [6, 6.07) is 47.3. The van der Waals surface area contributed by atoms with E-state index in [0.29, 0.717) is 24.2 Å². The van der Waals surface area contributed by atoms with Gasteiger partial charge in [-0.2, -0.15) is 0 Å². The summed E-state index contributed by atoms with van der Waals surface area (Å²) >= 11 is 3.91. The summed E-state index contributed by atoms with van der Waals surface area (Å²) in [6.45, 7) is 1.90. The second-order valence-electron chi connectivity index (χ2n) is 9.51. The van der Waals surface area contributed by atoms with Crippen LogP contribution >= 0.6 is 12.6 Å². The van der Waals surface area contributed by atoms with Crippen LogP contribution < -0.4 is 5.32 Å². The lowest BCUT2D eigenvalue weighted by Gasteiger charge is -2.24. The third-order valence-corrected chi connectivity index (χ3v) is 6.71. The zero-order chi connectivity index (χ0) is 28.7. The molecule has 5 aromatic rings. The van der Waals surface area contributed by atoms with Gasteiger partial charge in [-0.05, 0) is 47.4 Å². The first-order valence-corrected chi connectivity index (χ1v) is 14.1. The second-order valence-corrected chi connectivity index (χ2v) is 9.92. The van der Waals surface area contributed by atoms with Gasteiger partial charge >= 0.3 is 0 Å². The maximum Gasteiger partial charge on any atom is 0.255 e. The van der Waals surface area contributed by atoms with Gasteiger partial charge in [0, 0.05) is 30.9 Å². The monoisotopic (exact) mass is 558 g/mol. The second kappa shape index (κ2) is 15.8. The van der Waals surface area contributed by atoms with E-state index in [1.165, 1.54) is 11.3 Å². The Labute approximate surface area is 248 Å². The van der Waals surface area contributed by atoms with Crippen molar-refractivity contribution < 1.29 is 9.59 Å². The maximum absolute atomic E-state index is 13.2. The number of carbonyl (C=O) groups excluding carboxylic acids is 2. The smallest absolute Gasteiger partial charge is 0.255 e. The molecule has 0 unspecified atom stereocenters. The van der Waals surface area contributed by atoms with Crippen molar-refractivity contribution >= 4 is 29.3 Å². The van der Waals surface area contributed by atoms with Crippen molar-refractivity contribution in [3.8, 4) is 0 Å². The van der Waals surface area contributed by atoms with E-state index in [2.05, 4.69) is 54.3 Å². The molecule has 5 rings (SSSR count). The van der Waals surface area contributed by atoms with Crippen LogP contribution in [0.25, 0.3) is 0 Å². The normalized spacial score (nSPS) is 10.2. The Morgan fingerprint density at radius 1 is 0.537 bits per heavy atom. The van der Waals surface area contributed by atoms with Crippen molar-refractivity contribution in [2.75, 3.05) is 11.9 Å². The molecule has 0 aromatic heterocycles. The predicted octanol–water partition coefficient (Wildman–Crippen LogP) is 7.94. The average Bonchev–Trinajstić information content (AvgIpc) is 3.03. The number of hydrogen-bond donors (Lipinski definition) is 2. The number of hydrogen-bond acceptors (Lipinski definition) is 3. The summed E-state index contributed by atoms with van der Waals surface area (Å²) in [7, 11) is 0. The van der Waals surface area contributed by atoms with E-state index in [-0.39, 0.29) is 5.91 Å². The zero-order valence-corrected chi connectivity index (χ0v) is 23.8. The molecule has 0 saturated heterocycles. The van der Waals surface area contributed by atoms with E-state index >= 15 is 0 Å². The van der Waals surface area contributed by atoms with E-state index in [1.807, 2.05) is 84.9 Å². The highest BCUT2D eigenvalue weighted by atomic mass is 32.1. The molecule has 0 spiro atoms. The third-order valence-electron chi connectivity index (χ3n) is 6.47. The minimum absolute atomic E-state index is 0.185. The van der Waals surface area contributed by atoms with Crippen molar-refractivity contribution in [2.24, 2.45) is 0 Å². The Hall–Kier alpha value is -4.61. The van der Waals surface area contributed by atoms with Crippen LogP contribution in [0.5, 0.6) is 0 Å². The molecule has 0 aliphatic carbocycles. The molecule has 0 aliphatic rings. The van der Waals surface area contributed by atoms with Gasteiger partial charge in [-0.3, -0.25) is 9.59 Å². The molecule has 0 radical (unpaired) electrons. The molecular weight excluding hydrogens is 524 g/mol. The standard InChI is InChI=1S/C22H19NO2S.C14H15N/c24-21(19-13-7-8-14-20(19)22(25)26)23(15-17-9-3-1-4-10-17)16-18-11-5-2-6-12-18;1-3-7-13(8-4-1)11-12-15-14-9-5-2-6-10-14/h1-14H,15-16H2,(H,25,26);1-10,15H,11-12H2.